The number of aliphatic carboxylic acids is 1. The molecule has 0 bridgehead atoms. The fraction of sp³-hybridized carbons (Fsp3) is 0.750. The van der Waals surface area contributed by atoms with E-state index in [2.05, 4.69) is 31.2 Å². The zero-order chi connectivity index (χ0) is 16.3. The van der Waals surface area contributed by atoms with Gasteiger partial charge in [-0.15, -0.1) is 0 Å². The largest absolute Gasteiger partial charge is 0.481 e. The number of hydrogen-bond acceptors (Lipinski definition) is 1. The van der Waals surface area contributed by atoms with Gasteiger partial charge in [0.1, 0.15) is 0 Å². The topological polar surface area (TPSA) is 37.3 Å². The van der Waals surface area contributed by atoms with Crippen LogP contribution < -0.4 is 0 Å². The fourth-order valence-corrected chi connectivity index (χ4v) is 2.40. The molecule has 0 spiro atoms. The Morgan fingerprint density at radius 1 is 0.682 bits per heavy atom. The van der Waals surface area contributed by atoms with E-state index in [-0.39, 0.29) is 6.42 Å². The maximum absolute atomic E-state index is 10.3. The van der Waals surface area contributed by atoms with Gasteiger partial charge in [0, 0.05) is 6.42 Å². The second kappa shape index (κ2) is 18.0. The van der Waals surface area contributed by atoms with Crippen LogP contribution in [-0.4, -0.2) is 11.1 Å². The first kappa shape index (κ1) is 20.9. The molecule has 0 aromatic carbocycles. The molecule has 0 aliphatic heterocycles. The summed E-state index contributed by atoms with van der Waals surface area (Å²) in [5, 5.41) is 8.51. The molecular formula is C20H36O2. The van der Waals surface area contributed by atoms with E-state index in [0.717, 1.165) is 19.3 Å². The molecular weight excluding hydrogens is 272 g/mol. The number of hydrogen-bond donors (Lipinski definition) is 1. The molecule has 0 saturated carbocycles. The van der Waals surface area contributed by atoms with Crippen molar-refractivity contribution in [1.29, 1.82) is 0 Å². The lowest BCUT2D eigenvalue weighted by Gasteiger charge is -1.99. The van der Waals surface area contributed by atoms with Gasteiger partial charge < -0.3 is 5.11 Å². The van der Waals surface area contributed by atoms with Crippen molar-refractivity contribution in [2.45, 2.75) is 96.8 Å². The van der Waals surface area contributed by atoms with Gasteiger partial charge in [-0.2, -0.15) is 0 Å². The lowest BCUT2D eigenvalue weighted by Crippen LogP contribution is -1.92. The first-order valence-corrected chi connectivity index (χ1v) is 9.29. The van der Waals surface area contributed by atoms with Crippen molar-refractivity contribution in [1.82, 2.24) is 0 Å². The van der Waals surface area contributed by atoms with Gasteiger partial charge in [-0.1, -0.05) is 69.8 Å². The van der Waals surface area contributed by atoms with Gasteiger partial charge in [-0.3, -0.25) is 4.79 Å². The number of allylic oxidation sites excluding steroid dienone is 4. The van der Waals surface area contributed by atoms with Crippen molar-refractivity contribution in [3.8, 4) is 0 Å². The van der Waals surface area contributed by atoms with Crippen LogP contribution in [0.15, 0.2) is 24.3 Å². The Morgan fingerprint density at radius 2 is 1.09 bits per heavy atom. The molecule has 128 valence electrons. The molecule has 0 aliphatic carbocycles. The van der Waals surface area contributed by atoms with E-state index in [1.54, 1.807) is 0 Å². The molecule has 22 heavy (non-hydrogen) atoms. The molecule has 2 heteroatoms. The average Bonchev–Trinajstić information content (AvgIpc) is 2.50. The smallest absolute Gasteiger partial charge is 0.303 e. The van der Waals surface area contributed by atoms with Crippen LogP contribution in [0.2, 0.25) is 0 Å². The monoisotopic (exact) mass is 308 g/mol. The zero-order valence-electron chi connectivity index (χ0n) is 14.6. The summed E-state index contributed by atoms with van der Waals surface area (Å²) in [6, 6.07) is 0. The second-order valence-electron chi connectivity index (χ2n) is 6.07. The number of carboxylic acid groups (broad SMARTS) is 1. The summed E-state index contributed by atoms with van der Waals surface area (Å²) in [5.74, 6) is -0.690. The predicted octanol–water partition coefficient (Wildman–Crippen LogP) is 6.66. The normalized spacial score (nSPS) is 11.7. The third-order valence-corrected chi connectivity index (χ3v) is 3.81. The highest BCUT2D eigenvalue weighted by Gasteiger charge is 1.93. The average molecular weight is 309 g/mol. The van der Waals surface area contributed by atoms with Gasteiger partial charge in [0.05, 0.1) is 0 Å². The number of carboxylic acids is 1. The summed E-state index contributed by atoms with van der Waals surface area (Å²) in [4.78, 5) is 10.3. The van der Waals surface area contributed by atoms with E-state index in [1.165, 1.54) is 64.2 Å². The molecule has 0 amide bonds. The van der Waals surface area contributed by atoms with Gasteiger partial charge in [-0.05, 0) is 44.9 Å². The summed E-state index contributed by atoms with van der Waals surface area (Å²) in [6.45, 7) is 2.24. The lowest BCUT2D eigenvalue weighted by molar-refractivity contribution is -0.137. The first-order chi connectivity index (χ1) is 10.8. The van der Waals surface area contributed by atoms with E-state index < -0.39 is 5.97 Å². The molecule has 0 aliphatic rings. The molecule has 0 atom stereocenters. The highest BCUT2D eigenvalue weighted by atomic mass is 16.4. The summed E-state index contributed by atoms with van der Waals surface area (Å²) in [5.41, 5.74) is 0. The van der Waals surface area contributed by atoms with Crippen molar-refractivity contribution < 1.29 is 9.90 Å². The Kier molecular flexibility index (Phi) is 17.1. The molecule has 0 saturated heterocycles. The van der Waals surface area contributed by atoms with Gasteiger partial charge >= 0.3 is 5.97 Å². The van der Waals surface area contributed by atoms with Crippen LogP contribution in [0.5, 0.6) is 0 Å². The Hall–Kier alpha value is -1.05. The van der Waals surface area contributed by atoms with Gasteiger partial charge in [0.15, 0.2) is 0 Å². The van der Waals surface area contributed by atoms with Crippen molar-refractivity contribution in [2.75, 3.05) is 0 Å². The second-order valence-corrected chi connectivity index (χ2v) is 6.07. The van der Waals surface area contributed by atoms with Crippen molar-refractivity contribution in [3.05, 3.63) is 24.3 Å². The highest BCUT2D eigenvalue weighted by Crippen LogP contribution is 2.10. The van der Waals surface area contributed by atoms with Crippen molar-refractivity contribution >= 4 is 5.97 Å². The lowest BCUT2D eigenvalue weighted by atomic mass is 10.1. The standard InChI is InChI=1S/C20H36O2/c1-2-3-4-5-6-7-8-9-10-11-12-13-14-15-16-17-18-19-20(21)22/h5-6,15-16H,2-4,7-14,17-19H2,1H3,(H,21,22)/b6-5+,16-15+. The van der Waals surface area contributed by atoms with Crippen LogP contribution in [0, 0.1) is 0 Å². The summed E-state index contributed by atoms with van der Waals surface area (Å²) < 4.78 is 0. The maximum Gasteiger partial charge on any atom is 0.303 e. The zero-order valence-corrected chi connectivity index (χ0v) is 14.6. The van der Waals surface area contributed by atoms with E-state index in [4.69, 9.17) is 5.11 Å². The Bertz CT molecular complexity index is 292. The highest BCUT2D eigenvalue weighted by molar-refractivity contribution is 5.66. The Morgan fingerprint density at radius 3 is 1.55 bits per heavy atom. The number of carbonyl (C=O) groups is 1. The molecule has 0 aromatic rings. The van der Waals surface area contributed by atoms with E-state index >= 15 is 0 Å². The Labute approximate surface area is 137 Å². The third-order valence-electron chi connectivity index (χ3n) is 3.81. The van der Waals surface area contributed by atoms with E-state index in [1.807, 2.05) is 0 Å². The molecule has 0 rings (SSSR count). The minimum absolute atomic E-state index is 0.290. The van der Waals surface area contributed by atoms with Crippen molar-refractivity contribution in [2.24, 2.45) is 0 Å². The molecule has 0 radical (unpaired) electrons. The summed E-state index contributed by atoms with van der Waals surface area (Å²) in [7, 11) is 0. The van der Waals surface area contributed by atoms with Crippen LogP contribution in [-0.2, 0) is 4.79 Å². The third kappa shape index (κ3) is 18.9. The molecule has 0 unspecified atom stereocenters. The Balaban J connectivity index is 3.12. The summed E-state index contributed by atoms with van der Waals surface area (Å²) in [6.07, 6.45) is 25.3. The van der Waals surface area contributed by atoms with E-state index in [9.17, 15) is 4.79 Å². The van der Waals surface area contributed by atoms with Crippen LogP contribution in [0.1, 0.15) is 96.8 Å². The van der Waals surface area contributed by atoms with Crippen LogP contribution in [0.3, 0.4) is 0 Å². The van der Waals surface area contributed by atoms with Crippen molar-refractivity contribution in [3.63, 3.8) is 0 Å². The molecule has 2 nitrogen and oxygen atoms in total. The molecule has 0 fully saturated rings. The van der Waals surface area contributed by atoms with Crippen LogP contribution in [0.4, 0.5) is 0 Å². The van der Waals surface area contributed by atoms with Gasteiger partial charge in [0.2, 0.25) is 0 Å². The number of rotatable bonds is 16. The van der Waals surface area contributed by atoms with Crippen LogP contribution >= 0.6 is 0 Å². The van der Waals surface area contributed by atoms with Gasteiger partial charge in [-0.25, -0.2) is 0 Å². The van der Waals surface area contributed by atoms with Crippen LogP contribution in [0.25, 0.3) is 0 Å². The van der Waals surface area contributed by atoms with E-state index in [0.29, 0.717) is 0 Å². The SMILES string of the molecule is CCCC/C=C/CCCCCCCC/C=C/CCCC(=O)O. The molecule has 1 N–H and O–H groups in total. The predicted molar refractivity (Wildman–Crippen MR) is 96.2 cm³/mol. The summed E-state index contributed by atoms with van der Waals surface area (Å²) >= 11 is 0. The fourth-order valence-electron chi connectivity index (χ4n) is 2.40. The quantitative estimate of drug-likeness (QED) is 0.255. The molecule has 0 aromatic heterocycles. The minimum Gasteiger partial charge on any atom is -0.481 e. The number of unbranched alkanes of at least 4 members (excludes halogenated alkanes) is 10. The maximum atomic E-state index is 10.3. The first-order valence-electron chi connectivity index (χ1n) is 9.29. The van der Waals surface area contributed by atoms with Gasteiger partial charge in [0.25, 0.3) is 0 Å². The minimum atomic E-state index is -0.690. The molecule has 0 heterocycles.